The summed E-state index contributed by atoms with van der Waals surface area (Å²) in [6.07, 6.45) is 0.186. The second-order valence-corrected chi connectivity index (χ2v) is 5.63. The van der Waals surface area contributed by atoms with Crippen LogP contribution in [0.15, 0.2) is 0 Å². The molecule has 1 aromatic heterocycles. The summed E-state index contributed by atoms with van der Waals surface area (Å²) in [6, 6.07) is 0. The first-order valence-corrected chi connectivity index (χ1v) is 5.99. The van der Waals surface area contributed by atoms with Gasteiger partial charge in [-0.05, 0) is 0 Å². The SMILES string of the molecule is CC(C)(C)c1nc(Cl)c(C=O)c(Cl)c1CC(=O)O. The lowest BCUT2D eigenvalue weighted by Crippen LogP contribution is -2.20. The minimum absolute atomic E-state index is 0.00550. The summed E-state index contributed by atoms with van der Waals surface area (Å²) in [7, 11) is 0. The second kappa shape index (κ2) is 5.24. The highest BCUT2D eigenvalue weighted by Gasteiger charge is 2.26. The van der Waals surface area contributed by atoms with Crippen LogP contribution in [0, 0.1) is 0 Å². The minimum Gasteiger partial charge on any atom is -0.481 e. The van der Waals surface area contributed by atoms with Crippen LogP contribution in [0.2, 0.25) is 10.2 Å². The maximum Gasteiger partial charge on any atom is 0.307 e. The number of aldehydes is 1. The number of carbonyl (C=O) groups excluding carboxylic acids is 1. The number of carboxylic acid groups (broad SMARTS) is 1. The van der Waals surface area contributed by atoms with E-state index >= 15 is 0 Å². The van der Waals surface area contributed by atoms with Crippen molar-refractivity contribution in [3.63, 3.8) is 0 Å². The molecule has 0 aromatic carbocycles. The molecule has 1 N–H and O–H groups in total. The van der Waals surface area contributed by atoms with Crippen molar-refractivity contribution >= 4 is 35.5 Å². The van der Waals surface area contributed by atoms with Crippen LogP contribution in [0.1, 0.15) is 42.4 Å². The number of hydrogen-bond donors (Lipinski definition) is 1. The maximum atomic E-state index is 10.9. The van der Waals surface area contributed by atoms with Gasteiger partial charge < -0.3 is 5.11 Å². The van der Waals surface area contributed by atoms with Crippen molar-refractivity contribution in [1.82, 2.24) is 4.98 Å². The third-order valence-electron chi connectivity index (χ3n) is 2.38. The Kier molecular flexibility index (Phi) is 4.35. The van der Waals surface area contributed by atoms with Gasteiger partial charge in [-0.15, -0.1) is 0 Å². The van der Waals surface area contributed by atoms with Gasteiger partial charge in [0.05, 0.1) is 22.7 Å². The highest BCUT2D eigenvalue weighted by Crippen LogP contribution is 2.34. The van der Waals surface area contributed by atoms with Gasteiger partial charge in [0.2, 0.25) is 0 Å². The summed E-state index contributed by atoms with van der Waals surface area (Å²) in [5.74, 6) is -1.04. The fraction of sp³-hybridized carbons (Fsp3) is 0.417. The Morgan fingerprint density at radius 3 is 2.33 bits per heavy atom. The van der Waals surface area contributed by atoms with Gasteiger partial charge in [-0.1, -0.05) is 44.0 Å². The van der Waals surface area contributed by atoms with E-state index in [4.69, 9.17) is 28.3 Å². The lowest BCUT2D eigenvalue weighted by molar-refractivity contribution is -0.136. The van der Waals surface area contributed by atoms with Gasteiger partial charge in [0.15, 0.2) is 6.29 Å². The standard InChI is InChI=1S/C12H13Cl2NO3/c1-12(2,3)10-6(4-8(17)18)9(13)7(5-16)11(14)15-10/h5H,4H2,1-3H3,(H,17,18). The lowest BCUT2D eigenvalue weighted by Gasteiger charge is -2.23. The van der Waals surface area contributed by atoms with Crippen LogP contribution in [-0.4, -0.2) is 22.3 Å². The number of nitrogens with zero attached hydrogens (tertiary/aromatic N) is 1. The molecule has 18 heavy (non-hydrogen) atoms. The molecule has 0 amide bonds. The van der Waals surface area contributed by atoms with E-state index in [0.29, 0.717) is 17.5 Å². The molecule has 0 aliphatic rings. The maximum absolute atomic E-state index is 10.9. The third kappa shape index (κ3) is 3.00. The average molecular weight is 290 g/mol. The van der Waals surface area contributed by atoms with Crippen molar-refractivity contribution in [3.8, 4) is 0 Å². The van der Waals surface area contributed by atoms with E-state index in [0.717, 1.165) is 0 Å². The van der Waals surface area contributed by atoms with E-state index in [9.17, 15) is 9.59 Å². The van der Waals surface area contributed by atoms with Crippen molar-refractivity contribution < 1.29 is 14.7 Å². The number of carbonyl (C=O) groups is 2. The Hall–Kier alpha value is -1.13. The van der Waals surface area contributed by atoms with Gasteiger partial charge in [-0.2, -0.15) is 0 Å². The van der Waals surface area contributed by atoms with Gasteiger partial charge in [0.1, 0.15) is 5.15 Å². The molecule has 0 aliphatic heterocycles. The van der Waals surface area contributed by atoms with Gasteiger partial charge in [0.25, 0.3) is 0 Å². The Morgan fingerprint density at radius 2 is 1.94 bits per heavy atom. The Bertz CT molecular complexity index is 507. The highest BCUT2D eigenvalue weighted by molar-refractivity contribution is 6.38. The van der Waals surface area contributed by atoms with Crippen LogP contribution in [0.3, 0.4) is 0 Å². The monoisotopic (exact) mass is 289 g/mol. The molecule has 0 aliphatic carbocycles. The summed E-state index contributed by atoms with van der Waals surface area (Å²) in [5, 5.41) is 8.97. The topological polar surface area (TPSA) is 67.3 Å². The molecule has 1 rings (SSSR count). The molecule has 98 valence electrons. The molecular weight excluding hydrogens is 277 g/mol. The quantitative estimate of drug-likeness (QED) is 0.686. The molecule has 0 atom stereocenters. The Morgan fingerprint density at radius 1 is 1.39 bits per heavy atom. The molecule has 0 fully saturated rings. The van der Waals surface area contributed by atoms with Gasteiger partial charge >= 0.3 is 5.97 Å². The zero-order valence-electron chi connectivity index (χ0n) is 10.3. The molecule has 0 unspecified atom stereocenters. The molecule has 1 aromatic rings. The summed E-state index contributed by atoms with van der Waals surface area (Å²) >= 11 is 11.9. The summed E-state index contributed by atoms with van der Waals surface area (Å²) in [5.41, 5.74) is 0.440. The summed E-state index contributed by atoms with van der Waals surface area (Å²) in [6.45, 7) is 5.61. The van der Waals surface area contributed by atoms with Crippen LogP contribution >= 0.6 is 23.2 Å². The molecule has 1 heterocycles. The number of aromatic nitrogens is 1. The molecule has 0 spiro atoms. The van der Waals surface area contributed by atoms with Gasteiger partial charge in [-0.25, -0.2) is 4.98 Å². The number of hydrogen-bond acceptors (Lipinski definition) is 3. The fourth-order valence-corrected chi connectivity index (χ4v) is 2.18. The number of aliphatic carboxylic acids is 1. The van der Waals surface area contributed by atoms with Crippen molar-refractivity contribution in [1.29, 1.82) is 0 Å². The number of halogens is 2. The van der Waals surface area contributed by atoms with Gasteiger partial charge in [0, 0.05) is 11.0 Å². The van der Waals surface area contributed by atoms with E-state index in [2.05, 4.69) is 4.98 Å². The first-order valence-electron chi connectivity index (χ1n) is 5.23. The zero-order valence-corrected chi connectivity index (χ0v) is 11.8. The molecule has 0 saturated heterocycles. The van der Waals surface area contributed by atoms with Crippen LogP contribution in [-0.2, 0) is 16.6 Å². The Labute approximate surface area is 115 Å². The lowest BCUT2D eigenvalue weighted by atomic mass is 9.87. The molecule has 0 saturated carbocycles. The largest absolute Gasteiger partial charge is 0.481 e. The van der Waals surface area contributed by atoms with E-state index in [1.54, 1.807) is 0 Å². The smallest absolute Gasteiger partial charge is 0.307 e. The van der Waals surface area contributed by atoms with E-state index in [1.807, 2.05) is 20.8 Å². The molecule has 6 heteroatoms. The molecular formula is C12H13Cl2NO3. The van der Waals surface area contributed by atoms with E-state index in [-0.39, 0.29) is 22.2 Å². The number of pyridine rings is 1. The average Bonchev–Trinajstić information content (AvgIpc) is 2.20. The van der Waals surface area contributed by atoms with Crippen LogP contribution in [0.25, 0.3) is 0 Å². The normalized spacial score (nSPS) is 11.4. The number of carboxylic acids is 1. The minimum atomic E-state index is -1.04. The highest BCUT2D eigenvalue weighted by atomic mass is 35.5. The summed E-state index contributed by atoms with van der Waals surface area (Å²) in [4.78, 5) is 25.9. The van der Waals surface area contributed by atoms with Crippen molar-refractivity contribution in [2.75, 3.05) is 0 Å². The van der Waals surface area contributed by atoms with Crippen LogP contribution in [0.5, 0.6) is 0 Å². The number of rotatable bonds is 3. The van der Waals surface area contributed by atoms with Crippen molar-refractivity contribution in [2.24, 2.45) is 0 Å². The zero-order chi connectivity index (χ0) is 14.1. The second-order valence-electron chi connectivity index (χ2n) is 4.90. The predicted octanol–water partition coefficient (Wildman–Crippen LogP) is 3.13. The van der Waals surface area contributed by atoms with Gasteiger partial charge in [-0.3, -0.25) is 9.59 Å². The van der Waals surface area contributed by atoms with E-state index in [1.165, 1.54) is 0 Å². The van der Waals surface area contributed by atoms with Crippen molar-refractivity contribution in [2.45, 2.75) is 32.6 Å². The molecule has 0 radical (unpaired) electrons. The predicted molar refractivity (Wildman–Crippen MR) is 69.7 cm³/mol. The molecule has 0 bridgehead atoms. The summed E-state index contributed by atoms with van der Waals surface area (Å²) < 4.78 is 0. The van der Waals surface area contributed by atoms with Crippen molar-refractivity contribution in [3.05, 3.63) is 27.0 Å². The van der Waals surface area contributed by atoms with Crippen LogP contribution in [0.4, 0.5) is 0 Å². The third-order valence-corrected chi connectivity index (χ3v) is 3.10. The fourth-order valence-electron chi connectivity index (χ4n) is 1.62. The first-order chi connectivity index (χ1) is 8.18. The van der Waals surface area contributed by atoms with E-state index < -0.39 is 11.4 Å². The van der Waals surface area contributed by atoms with Crippen LogP contribution < -0.4 is 0 Å². The first kappa shape index (κ1) is 14.9. The Balaban J connectivity index is 3.60. The molecule has 4 nitrogen and oxygen atoms in total.